The minimum Gasteiger partial charge on any atom is -0.383 e. The van der Waals surface area contributed by atoms with Gasteiger partial charge in [0.2, 0.25) is 0 Å². The summed E-state index contributed by atoms with van der Waals surface area (Å²) in [6.07, 6.45) is 3.54. The van der Waals surface area contributed by atoms with Crippen molar-refractivity contribution in [2.24, 2.45) is 7.05 Å². The zero-order valence-corrected chi connectivity index (χ0v) is 14.5. The molecule has 0 atom stereocenters. The molecular weight excluding hydrogens is 404 g/mol. The van der Waals surface area contributed by atoms with E-state index >= 15 is 0 Å². The lowest BCUT2D eigenvalue weighted by Gasteiger charge is -2.02. The summed E-state index contributed by atoms with van der Waals surface area (Å²) >= 11 is 8.63. The summed E-state index contributed by atoms with van der Waals surface area (Å²) in [5, 5.41) is 4.54. The number of nitrogens with two attached hydrogens (primary N) is 1. The number of hydrogen-bond acceptors (Lipinski definition) is 4. The van der Waals surface area contributed by atoms with E-state index in [1.165, 1.54) is 0 Å². The Kier molecular flexibility index (Phi) is 3.66. The highest BCUT2D eigenvalue weighted by molar-refractivity contribution is 9.13. The van der Waals surface area contributed by atoms with Crippen molar-refractivity contribution in [1.29, 1.82) is 0 Å². The maximum Gasteiger partial charge on any atom is 0.130 e. The second-order valence-corrected chi connectivity index (χ2v) is 7.43. The summed E-state index contributed by atoms with van der Waals surface area (Å²) in [5.41, 5.74) is 8.93. The Morgan fingerprint density at radius 2 is 2.15 bits per heavy atom. The topological polar surface area (TPSA) is 56.7 Å². The van der Waals surface area contributed by atoms with Gasteiger partial charge in [0.25, 0.3) is 0 Å². The molecule has 7 heteroatoms. The van der Waals surface area contributed by atoms with Gasteiger partial charge in [0.1, 0.15) is 11.5 Å². The van der Waals surface area contributed by atoms with E-state index in [0.717, 1.165) is 30.0 Å². The van der Waals surface area contributed by atoms with Crippen LogP contribution in [0, 0.1) is 0 Å². The maximum atomic E-state index is 6.17. The van der Waals surface area contributed by atoms with Crippen LogP contribution in [0.15, 0.2) is 38.9 Å². The number of aromatic nitrogens is 3. The summed E-state index contributed by atoms with van der Waals surface area (Å²) in [5.74, 6) is 0.633. The standard InChI is InChI=1S/C13H10Br2N4S/c1-19-13(16)10(7-3-2-4-17-6-7)11(18-19)9-5-8(14)12(15)20-9/h2-6H,16H2,1H3. The third-order valence-electron chi connectivity index (χ3n) is 2.92. The zero-order valence-electron chi connectivity index (χ0n) is 10.5. The molecule has 0 aromatic carbocycles. The van der Waals surface area contributed by atoms with Gasteiger partial charge in [-0.15, -0.1) is 11.3 Å². The molecule has 0 aliphatic carbocycles. The lowest BCUT2D eigenvalue weighted by atomic mass is 10.1. The second-order valence-electron chi connectivity index (χ2n) is 4.21. The highest BCUT2D eigenvalue weighted by atomic mass is 79.9. The molecule has 20 heavy (non-hydrogen) atoms. The smallest absolute Gasteiger partial charge is 0.130 e. The van der Waals surface area contributed by atoms with Crippen LogP contribution in [0.5, 0.6) is 0 Å². The first-order chi connectivity index (χ1) is 9.58. The van der Waals surface area contributed by atoms with Crippen LogP contribution in [0.1, 0.15) is 0 Å². The Bertz CT molecular complexity index is 745. The molecule has 3 rings (SSSR count). The van der Waals surface area contributed by atoms with Gasteiger partial charge in [-0.05, 0) is 44.0 Å². The van der Waals surface area contributed by atoms with Crippen LogP contribution in [-0.2, 0) is 7.05 Å². The quantitative estimate of drug-likeness (QED) is 0.680. The van der Waals surface area contributed by atoms with E-state index in [1.807, 2.05) is 25.2 Å². The van der Waals surface area contributed by atoms with Crippen molar-refractivity contribution in [3.05, 3.63) is 38.9 Å². The Balaban J connectivity index is 2.24. The van der Waals surface area contributed by atoms with Crippen molar-refractivity contribution >= 4 is 49.0 Å². The van der Waals surface area contributed by atoms with Gasteiger partial charge >= 0.3 is 0 Å². The van der Waals surface area contributed by atoms with Gasteiger partial charge < -0.3 is 5.73 Å². The summed E-state index contributed by atoms with van der Waals surface area (Å²) in [6, 6.07) is 5.92. The number of rotatable bonds is 2. The SMILES string of the molecule is Cn1nc(-c2cc(Br)c(Br)s2)c(-c2cccnc2)c1N. The van der Waals surface area contributed by atoms with E-state index in [0.29, 0.717) is 5.82 Å². The molecule has 0 radical (unpaired) electrons. The summed E-state index contributed by atoms with van der Waals surface area (Å²) in [6.45, 7) is 0. The molecule has 0 unspecified atom stereocenters. The molecule has 0 aliphatic heterocycles. The van der Waals surface area contributed by atoms with Crippen molar-refractivity contribution in [3.63, 3.8) is 0 Å². The Hall–Kier alpha value is -1.18. The number of aryl methyl sites for hydroxylation is 1. The number of nitrogens with zero attached hydrogens (tertiary/aromatic N) is 3. The average molecular weight is 414 g/mol. The predicted molar refractivity (Wildman–Crippen MR) is 89.6 cm³/mol. The van der Waals surface area contributed by atoms with Crippen LogP contribution in [0.2, 0.25) is 0 Å². The molecule has 3 aromatic heterocycles. The Labute approximate surface area is 136 Å². The van der Waals surface area contributed by atoms with Crippen LogP contribution in [0.3, 0.4) is 0 Å². The van der Waals surface area contributed by atoms with E-state index in [2.05, 4.69) is 41.9 Å². The van der Waals surface area contributed by atoms with E-state index in [4.69, 9.17) is 5.73 Å². The van der Waals surface area contributed by atoms with Crippen LogP contribution >= 0.6 is 43.2 Å². The highest BCUT2D eigenvalue weighted by Crippen LogP contribution is 2.42. The molecule has 4 nitrogen and oxygen atoms in total. The molecule has 0 amide bonds. The van der Waals surface area contributed by atoms with Gasteiger partial charge in [0.05, 0.1) is 14.2 Å². The lowest BCUT2D eigenvalue weighted by molar-refractivity contribution is 0.783. The first-order valence-electron chi connectivity index (χ1n) is 5.76. The largest absolute Gasteiger partial charge is 0.383 e. The minimum atomic E-state index is 0.633. The van der Waals surface area contributed by atoms with Gasteiger partial charge in [-0.3, -0.25) is 9.67 Å². The number of hydrogen-bond donors (Lipinski definition) is 1. The van der Waals surface area contributed by atoms with E-state index < -0.39 is 0 Å². The third kappa shape index (κ3) is 2.30. The predicted octanol–water partition coefficient (Wildman–Crippen LogP) is 4.32. The van der Waals surface area contributed by atoms with Crippen LogP contribution in [0.25, 0.3) is 21.7 Å². The van der Waals surface area contributed by atoms with Crippen molar-refractivity contribution in [1.82, 2.24) is 14.8 Å². The molecule has 0 saturated heterocycles. The molecule has 102 valence electrons. The number of thiophene rings is 1. The monoisotopic (exact) mass is 412 g/mol. The summed E-state index contributed by atoms with van der Waals surface area (Å²) < 4.78 is 3.74. The highest BCUT2D eigenvalue weighted by Gasteiger charge is 2.19. The van der Waals surface area contributed by atoms with Gasteiger partial charge in [0.15, 0.2) is 0 Å². The molecule has 3 aromatic rings. The molecule has 3 heterocycles. The van der Waals surface area contributed by atoms with Crippen LogP contribution < -0.4 is 5.73 Å². The minimum absolute atomic E-state index is 0.633. The second kappa shape index (κ2) is 5.31. The number of halogens is 2. The first-order valence-corrected chi connectivity index (χ1v) is 8.16. The molecule has 0 spiro atoms. The molecule has 2 N–H and O–H groups in total. The molecular formula is C13H10Br2N4S. The third-order valence-corrected chi connectivity index (χ3v) is 6.18. The lowest BCUT2D eigenvalue weighted by Crippen LogP contribution is -1.98. The van der Waals surface area contributed by atoms with Crippen molar-refractivity contribution in [2.45, 2.75) is 0 Å². The molecule has 0 saturated carbocycles. The molecule has 0 fully saturated rings. The number of nitrogen functional groups attached to an aromatic ring is 1. The van der Waals surface area contributed by atoms with Crippen molar-refractivity contribution < 1.29 is 0 Å². The van der Waals surface area contributed by atoms with Crippen LogP contribution in [-0.4, -0.2) is 14.8 Å². The van der Waals surface area contributed by atoms with E-state index in [1.54, 1.807) is 28.4 Å². The fraction of sp³-hybridized carbons (Fsp3) is 0.0769. The van der Waals surface area contributed by atoms with Crippen LogP contribution in [0.4, 0.5) is 5.82 Å². The fourth-order valence-corrected chi connectivity index (χ4v) is 3.99. The fourth-order valence-electron chi connectivity index (χ4n) is 1.97. The van der Waals surface area contributed by atoms with Crippen molar-refractivity contribution in [3.8, 4) is 21.7 Å². The average Bonchev–Trinajstić information content (AvgIpc) is 2.93. The van der Waals surface area contributed by atoms with Crippen molar-refractivity contribution in [2.75, 3.05) is 5.73 Å². The number of anilines is 1. The Morgan fingerprint density at radius 1 is 1.35 bits per heavy atom. The normalized spacial score (nSPS) is 10.9. The summed E-state index contributed by atoms with van der Waals surface area (Å²) in [4.78, 5) is 5.21. The Morgan fingerprint density at radius 3 is 2.75 bits per heavy atom. The van der Waals surface area contributed by atoms with Gasteiger partial charge in [-0.2, -0.15) is 5.10 Å². The van der Waals surface area contributed by atoms with Gasteiger partial charge in [-0.1, -0.05) is 6.07 Å². The van der Waals surface area contributed by atoms with Gasteiger partial charge in [0, 0.05) is 29.5 Å². The first kappa shape index (κ1) is 13.8. The maximum absolute atomic E-state index is 6.17. The summed E-state index contributed by atoms with van der Waals surface area (Å²) in [7, 11) is 1.84. The van der Waals surface area contributed by atoms with E-state index in [-0.39, 0.29) is 0 Å². The molecule has 0 aliphatic rings. The van der Waals surface area contributed by atoms with Gasteiger partial charge in [-0.25, -0.2) is 0 Å². The number of pyridine rings is 1. The van der Waals surface area contributed by atoms with E-state index in [9.17, 15) is 0 Å². The zero-order chi connectivity index (χ0) is 14.3. The molecule has 0 bridgehead atoms.